The van der Waals surface area contributed by atoms with E-state index >= 15 is 0 Å². The van der Waals surface area contributed by atoms with Crippen LogP contribution in [-0.2, 0) is 0 Å². The van der Waals surface area contributed by atoms with E-state index in [9.17, 15) is 4.39 Å². The predicted octanol–water partition coefficient (Wildman–Crippen LogP) is 2.11. The van der Waals surface area contributed by atoms with Gasteiger partial charge in [0.15, 0.2) is 11.6 Å². The van der Waals surface area contributed by atoms with Crippen LogP contribution in [0.2, 0.25) is 0 Å². The van der Waals surface area contributed by atoms with E-state index in [0.29, 0.717) is 5.69 Å². The molecule has 0 unspecified atom stereocenters. The number of rotatable bonds is 1. The van der Waals surface area contributed by atoms with Gasteiger partial charge in [-0.05, 0) is 12.5 Å². The van der Waals surface area contributed by atoms with Crippen molar-refractivity contribution in [3.05, 3.63) is 35.6 Å². The van der Waals surface area contributed by atoms with Crippen LogP contribution in [0.3, 0.4) is 0 Å². The summed E-state index contributed by atoms with van der Waals surface area (Å²) in [6.07, 6.45) is 0. The normalized spacial score (nSPS) is 10.4. The standard InChI is InChI=1S/C10H10FN3/c1-6-4-2-3-5-7(6)9-8(11)10(12)14-13-9/h2-5H,1H3,(H3,12,13,14). The molecule has 4 heteroatoms. The fourth-order valence-electron chi connectivity index (χ4n) is 1.37. The van der Waals surface area contributed by atoms with E-state index in [4.69, 9.17) is 5.73 Å². The molecule has 72 valence electrons. The Bertz CT molecular complexity index is 462. The van der Waals surface area contributed by atoms with Gasteiger partial charge in [-0.15, -0.1) is 0 Å². The van der Waals surface area contributed by atoms with Crippen LogP contribution < -0.4 is 5.73 Å². The number of nitrogens with zero attached hydrogens (tertiary/aromatic N) is 1. The molecule has 14 heavy (non-hydrogen) atoms. The highest BCUT2D eigenvalue weighted by Crippen LogP contribution is 2.25. The smallest absolute Gasteiger partial charge is 0.192 e. The van der Waals surface area contributed by atoms with Gasteiger partial charge in [0.25, 0.3) is 0 Å². The van der Waals surface area contributed by atoms with Crippen LogP contribution in [0.4, 0.5) is 10.2 Å². The summed E-state index contributed by atoms with van der Waals surface area (Å²) in [6.45, 7) is 1.91. The molecule has 3 N–H and O–H groups in total. The summed E-state index contributed by atoms with van der Waals surface area (Å²) in [5.41, 5.74) is 7.43. The first kappa shape index (κ1) is 8.74. The van der Waals surface area contributed by atoms with E-state index in [2.05, 4.69) is 10.2 Å². The average Bonchev–Trinajstić information content (AvgIpc) is 2.49. The Morgan fingerprint density at radius 2 is 2.07 bits per heavy atom. The molecule has 0 atom stereocenters. The number of aryl methyl sites for hydroxylation is 1. The lowest BCUT2D eigenvalue weighted by Gasteiger charge is -2.01. The van der Waals surface area contributed by atoms with Crippen LogP contribution in [0.15, 0.2) is 24.3 Å². The van der Waals surface area contributed by atoms with Gasteiger partial charge in [0.2, 0.25) is 0 Å². The lowest BCUT2D eigenvalue weighted by Crippen LogP contribution is -1.88. The van der Waals surface area contributed by atoms with Gasteiger partial charge in [-0.3, -0.25) is 5.10 Å². The molecule has 0 saturated heterocycles. The SMILES string of the molecule is Cc1ccccc1-c1[nH]nc(N)c1F. The van der Waals surface area contributed by atoms with Crippen LogP contribution in [0.5, 0.6) is 0 Å². The quantitative estimate of drug-likeness (QED) is 0.725. The Labute approximate surface area is 80.8 Å². The van der Waals surface area contributed by atoms with Gasteiger partial charge in [-0.25, -0.2) is 4.39 Å². The first-order valence-electron chi connectivity index (χ1n) is 4.25. The number of nitrogen functional groups attached to an aromatic ring is 1. The minimum atomic E-state index is -0.487. The number of hydrogen-bond acceptors (Lipinski definition) is 2. The summed E-state index contributed by atoms with van der Waals surface area (Å²) in [7, 11) is 0. The molecule has 2 aromatic rings. The maximum atomic E-state index is 13.4. The van der Waals surface area contributed by atoms with Crippen LogP contribution in [-0.4, -0.2) is 10.2 Å². The zero-order valence-electron chi connectivity index (χ0n) is 7.71. The van der Waals surface area contributed by atoms with Gasteiger partial charge in [0, 0.05) is 5.56 Å². The van der Waals surface area contributed by atoms with E-state index in [-0.39, 0.29) is 5.82 Å². The van der Waals surface area contributed by atoms with Gasteiger partial charge in [-0.1, -0.05) is 24.3 Å². The molecule has 0 spiro atoms. The predicted molar refractivity (Wildman–Crippen MR) is 53.1 cm³/mol. The van der Waals surface area contributed by atoms with E-state index in [1.807, 2.05) is 31.2 Å². The summed E-state index contributed by atoms with van der Waals surface area (Å²) in [6, 6.07) is 7.48. The lowest BCUT2D eigenvalue weighted by molar-refractivity contribution is 0.636. The van der Waals surface area contributed by atoms with Crippen molar-refractivity contribution in [2.75, 3.05) is 5.73 Å². The van der Waals surface area contributed by atoms with Crippen molar-refractivity contribution >= 4 is 5.82 Å². The number of aromatic nitrogens is 2. The van der Waals surface area contributed by atoms with Crippen molar-refractivity contribution < 1.29 is 4.39 Å². The molecular weight excluding hydrogens is 181 g/mol. The summed E-state index contributed by atoms with van der Waals surface area (Å²) < 4.78 is 13.4. The molecular formula is C10H10FN3. The van der Waals surface area contributed by atoms with Crippen LogP contribution in [0.25, 0.3) is 11.3 Å². The summed E-state index contributed by atoms with van der Waals surface area (Å²) in [5.74, 6) is -0.581. The highest BCUT2D eigenvalue weighted by molar-refractivity contribution is 5.66. The Morgan fingerprint density at radius 3 is 2.64 bits per heavy atom. The Balaban J connectivity index is 2.60. The number of nitrogens with one attached hydrogen (secondary N) is 1. The number of H-pyrrole nitrogens is 1. The first-order chi connectivity index (χ1) is 6.70. The number of hydrogen-bond donors (Lipinski definition) is 2. The molecule has 0 aliphatic rings. The van der Waals surface area contributed by atoms with Crippen molar-refractivity contribution in [3.8, 4) is 11.3 Å². The molecule has 0 saturated carbocycles. The third-order valence-corrected chi connectivity index (χ3v) is 2.15. The van der Waals surface area contributed by atoms with E-state index in [1.54, 1.807) is 0 Å². The van der Waals surface area contributed by atoms with Crippen LogP contribution >= 0.6 is 0 Å². The van der Waals surface area contributed by atoms with E-state index < -0.39 is 5.82 Å². The molecule has 0 bridgehead atoms. The average molecular weight is 191 g/mol. The van der Waals surface area contributed by atoms with Gasteiger partial charge in [0.05, 0.1) is 0 Å². The van der Waals surface area contributed by atoms with Gasteiger partial charge in [0.1, 0.15) is 5.69 Å². The largest absolute Gasteiger partial charge is 0.380 e. The van der Waals surface area contributed by atoms with Crippen molar-refractivity contribution in [1.29, 1.82) is 0 Å². The Morgan fingerprint density at radius 1 is 1.36 bits per heavy atom. The molecule has 3 nitrogen and oxygen atoms in total. The maximum Gasteiger partial charge on any atom is 0.192 e. The summed E-state index contributed by atoms with van der Waals surface area (Å²) >= 11 is 0. The van der Waals surface area contributed by atoms with Crippen LogP contribution in [0.1, 0.15) is 5.56 Å². The molecule has 0 fully saturated rings. The van der Waals surface area contributed by atoms with E-state index in [1.165, 1.54) is 0 Å². The first-order valence-corrected chi connectivity index (χ1v) is 4.25. The second-order valence-corrected chi connectivity index (χ2v) is 3.11. The lowest BCUT2D eigenvalue weighted by atomic mass is 10.1. The highest BCUT2D eigenvalue weighted by atomic mass is 19.1. The Hall–Kier alpha value is -1.84. The molecule has 0 radical (unpaired) electrons. The van der Waals surface area contributed by atoms with Gasteiger partial charge in [-0.2, -0.15) is 5.10 Å². The zero-order chi connectivity index (χ0) is 10.1. The Kier molecular flexibility index (Phi) is 1.96. The van der Waals surface area contributed by atoms with Crippen molar-refractivity contribution in [2.24, 2.45) is 0 Å². The number of anilines is 1. The number of aromatic amines is 1. The number of nitrogens with two attached hydrogens (primary N) is 1. The summed E-state index contributed by atoms with van der Waals surface area (Å²) in [5, 5.41) is 6.19. The second kappa shape index (κ2) is 3.14. The fourth-order valence-corrected chi connectivity index (χ4v) is 1.37. The minimum absolute atomic E-state index is 0.0942. The second-order valence-electron chi connectivity index (χ2n) is 3.11. The third kappa shape index (κ3) is 1.25. The molecule has 2 rings (SSSR count). The fraction of sp³-hybridized carbons (Fsp3) is 0.100. The highest BCUT2D eigenvalue weighted by Gasteiger charge is 2.12. The number of benzene rings is 1. The minimum Gasteiger partial charge on any atom is -0.380 e. The number of halogens is 1. The molecule has 1 heterocycles. The molecule has 0 aliphatic carbocycles. The molecule has 0 amide bonds. The molecule has 1 aromatic carbocycles. The summed E-state index contributed by atoms with van der Waals surface area (Å²) in [4.78, 5) is 0. The maximum absolute atomic E-state index is 13.4. The molecule has 1 aromatic heterocycles. The molecule has 0 aliphatic heterocycles. The van der Waals surface area contributed by atoms with Gasteiger partial charge >= 0.3 is 0 Å². The van der Waals surface area contributed by atoms with E-state index in [0.717, 1.165) is 11.1 Å². The topological polar surface area (TPSA) is 54.7 Å². The third-order valence-electron chi connectivity index (χ3n) is 2.15. The van der Waals surface area contributed by atoms with Crippen molar-refractivity contribution in [2.45, 2.75) is 6.92 Å². The van der Waals surface area contributed by atoms with Gasteiger partial charge < -0.3 is 5.73 Å². The zero-order valence-corrected chi connectivity index (χ0v) is 7.71. The van der Waals surface area contributed by atoms with Crippen molar-refractivity contribution in [1.82, 2.24) is 10.2 Å². The van der Waals surface area contributed by atoms with Crippen molar-refractivity contribution in [3.63, 3.8) is 0 Å². The van der Waals surface area contributed by atoms with Crippen LogP contribution in [0, 0.1) is 12.7 Å². The monoisotopic (exact) mass is 191 g/mol.